The summed E-state index contributed by atoms with van der Waals surface area (Å²) in [6.07, 6.45) is -4.64. The average molecular weight is 653 g/mol. The van der Waals surface area contributed by atoms with Gasteiger partial charge in [-0.15, -0.1) is 0 Å². The highest BCUT2D eigenvalue weighted by Gasteiger charge is 2.51. The van der Waals surface area contributed by atoms with Crippen molar-refractivity contribution in [1.82, 2.24) is 0 Å². The van der Waals surface area contributed by atoms with E-state index in [1.54, 1.807) is 38.1 Å². The van der Waals surface area contributed by atoms with Crippen LogP contribution in [0.1, 0.15) is 48.8 Å². The van der Waals surface area contributed by atoms with Crippen molar-refractivity contribution in [3.05, 3.63) is 118 Å². The molecule has 0 amide bonds. The summed E-state index contributed by atoms with van der Waals surface area (Å²) in [5, 5.41) is 0. The smallest absolute Gasteiger partial charge is 0.416 e. The maximum absolute atomic E-state index is 14.8. The molecule has 2 aliphatic rings. The van der Waals surface area contributed by atoms with Crippen molar-refractivity contribution in [2.75, 3.05) is 25.2 Å². The van der Waals surface area contributed by atoms with Crippen molar-refractivity contribution >= 4 is 23.4 Å². The van der Waals surface area contributed by atoms with Gasteiger partial charge in [0.25, 0.3) is 0 Å². The van der Waals surface area contributed by atoms with Crippen molar-refractivity contribution in [3.63, 3.8) is 0 Å². The van der Waals surface area contributed by atoms with Crippen molar-refractivity contribution in [2.45, 2.75) is 38.3 Å². The lowest BCUT2D eigenvalue weighted by atomic mass is 9.67. The highest BCUT2D eigenvalue weighted by atomic mass is 19.4. The molecule has 246 valence electrons. The van der Waals surface area contributed by atoms with E-state index in [9.17, 15) is 31.9 Å². The van der Waals surface area contributed by atoms with Gasteiger partial charge in [-0.25, -0.2) is 9.18 Å². The Morgan fingerprint density at radius 2 is 1.60 bits per heavy atom. The molecule has 3 aromatic rings. The number of carbonyl (C=O) groups is 3. The van der Waals surface area contributed by atoms with Gasteiger partial charge in [-0.05, 0) is 79.9 Å². The van der Waals surface area contributed by atoms with E-state index in [0.717, 1.165) is 24.3 Å². The van der Waals surface area contributed by atoms with Crippen LogP contribution in [0.15, 0.2) is 95.5 Å². The standard InChI is InChI=1S/C35H32F4N2O6/c1-4-46-33(43)28-25(20-7-6-8-24(17-20)45-3)18-26-29(31(28)42)27(19-9-13-22(36)14-10-19)30(34(44)47-5-2)32(40)41(26)23-15-11-21(12-16-23)35(37,38)39/h6-17,25,27-28H,4-5,18,40H2,1-3H3/t25-,27-,28+/m0/s1. The summed E-state index contributed by atoms with van der Waals surface area (Å²) in [4.78, 5) is 43.4. The van der Waals surface area contributed by atoms with Crippen LogP contribution in [0, 0.1) is 11.7 Å². The number of hydrogen-bond acceptors (Lipinski definition) is 8. The number of allylic oxidation sites excluding steroid dienone is 2. The van der Waals surface area contributed by atoms with E-state index in [4.69, 9.17) is 19.9 Å². The fourth-order valence-electron chi connectivity index (χ4n) is 6.21. The highest BCUT2D eigenvalue weighted by molar-refractivity contribution is 6.14. The van der Waals surface area contributed by atoms with E-state index >= 15 is 0 Å². The van der Waals surface area contributed by atoms with Gasteiger partial charge in [-0.3, -0.25) is 14.5 Å². The zero-order chi connectivity index (χ0) is 34.0. The third kappa shape index (κ3) is 6.32. The van der Waals surface area contributed by atoms with Crippen LogP contribution in [0.5, 0.6) is 5.75 Å². The number of ketones is 1. The Morgan fingerprint density at radius 3 is 2.19 bits per heavy atom. The second-order valence-electron chi connectivity index (χ2n) is 10.9. The predicted molar refractivity (Wildman–Crippen MR) is 163 cm³/mol. The molecule has 0 unspecified atom stereocenters. The Bertz CT molecular complexity index is 1750. The van der Waals surface area contributed by atoms with Crippen LogP contribution in [-0.4, -0.2) is 38.0 Å². The number of nitrogens with zero attached hydrogens (tertiary/aromatic N) is 1. The van der Waals surface area contributed by atoms with Crippen molar-refractivity contribution in [3.8, 4) is 5.75 Å². The quantitative estimate of drug-likeness (QED) is 0.170. The largest absolute Gasteiger partial charge is 0.497 e. The fourth-order valence-corrected chi connectivity index (χ4v) is 6.21. The first-order valence-corrected chi connectivity index (χ1v) is 14.9. The Kier molecular flexibility index (Phi) is 9.41. The molecule has 1 aliphatic carbocycles. The van der Waals surface area contributed by atoms with Crippen molar-refractivity contribution < 1.29 is 46.2 Å². The first-order chi connectivity index (χ1) is 22.4. The molecule has 0 saturated heterocycles. The maximum Gasteiger partial charge on any atom is 0.416 e. The number of anilines is 1. The average Bonchev–Trinajstić information content (AvgIpc) is 3.04. The van der Waals surface area contributed by atoms with Gasteiger partial charge in [0, 0.05) is 22.9 Å². The first-order valence-electron chi connectivity index (χ1n) is 14.9. The topological polar surface area (TPSA) is 108 Å². The lowest BCUT2D eigenvalue weighted by Gasteiger charge is -2.44. The molecule has 1 aliphatic heterocycles. The monoisotopic (exact) mass is 652 g/mol. The van der Waals surface area contributed by atoms with E-state index in [1.807, 2.05) is 0 Å². The van der Waals surface area contributed by atoms with E-state index in [0.29, 0.717) is 16.9 Å². The highest BCUT2D eigenvalue weighted by Crippen LogP contribution is 2.52. The Labute approximate surface area is 268 Å². The molecule has 5 rings (SSSR count). The van der Waals surface area contributed by atoms with Crippen LogP contribution in [0.3, 0.4) is 0 Å². The Morgan fingerprint density at radius 1 is 0.936 bits per heavy atom. The van der Waals surface area contributed by atoms with Crippen LogP contribution in [0.4, 0.5) is 23.2 Å². The molecule has 2 N–H and O–H groups in total. The van der Waals surface area contributed by atoms with Gasteiger partial charge in [-0.2, -0.15) is 13.2 Å². The van der Waals surface area contributed by atoms with E-state index < -0.39 is 53.0 Å². The van der Waals surface area contributed by atoms with E-state index in [-0.39, 0.29) is 48.0 Å². The zero-order valence-corrected chi connectivity index (χ0v) is 25.8. The lowest BCUT2D eigenvalue weighted by Crippen LogP contribution is -2.46. The second-order valence-corrected chi connectivity index (χ2v) is 10.9. The minimum absolute atomic E-state index is 0.00837. The number of carbonyl (C=O) groups excluding carboxylic acids is 3. The lowest BCUT2D eigenvalue weighted by molar-refractivity contribution is -0.152. The summed E-state index contributed by atoms with van der Waals surface area (Å²) in [6, 6.07) is 16.0. The molecule has 0 spiro atoms. The van der Waals surface area contributed by atoms with Gasteiger partial charge in [0.1, 0.15) is 23.3 Å². The molecule has 0 aromatic heterocycles. The van der Waals surface area contributed by atoms with Crippen molar-refractivity contribution in [2.24, 2.45) is 11.7 Å². The Balaban J connectivity index is 1.82. The maximum atomic E-state index is 14.8. The number of Topliss-reactive ketones (excluding diaryl/α,β-unsaturated/α-hetero) is 1. The van der Waals surface area contributed by atoms with Crippen molar-refractivity contribution in [1.29, 1.82) is 0 Å². The van der Waals surface area contributed by atoms with E-state index in [2.05, 4.69) is 0 Å². The number of halogens is 4. The minimum atomic E-state index is -4.62. The summed E-state index contributed by atoms with van der Waals surface area (Å²) in [7, 11) is 1.47. The molecular formula is C35H32F4N2O6. The number of nitrogens with two attached hydrogens (primary N) is 1. The predicted octanol–water partition coefficient (Wildman–Crippen LogP) is 6.38. The molecule has 47 heavy (non-hydrogen) atoms. The SMILES string of the molecule is CCOC(=O)C1=C(N)N(c2ccc(C(F)(F)F)cc2)C2=C(C(=O)[C@H](C(=O)OCC)[C@H](c3cccc(OC)c3)C2)[C@@H]1c1ccc(F)cc1. The number of benzene rings is 3. The van der Waals surface area contributed by atoms with Gasteiger partial charge < -0.3 is 19.9 Å². The summed E-state index contributed by atoms with van der Waals surface area (Å²) in [5.41, 5.74) is 6.89. The van der Waals surface area contributed by atoms with Crippen LogP contribution in [0.2, 0.25) is 0 Å². The summed E-state index contributed by atoms with van der Waals surface area (Å²) < 4.78 is 70.8. The van der Waals surface area contributed by atoms with Gasteiger partial charge in [0.05, 0.1) is 37.4 Å². The molecular weight excluding hydrogens is 620 g/mol. The number of alkyl halides is 3. The number of ether oxygens (including phenoxy) is 3. The minimum Gasteiger partial charge on any atom is -0.497 e. The second kappa shape index (κ2) is 13.3. The summed E-state index contributed by atoms with van der Waals surface area (Å²) in [6.45, 7) is 3.10. The molecule has 3 aromatic carbocycles. The summed E-state index contributed by atoms with van der Waals surface area (Å²) >= 11 is 0. The molecule has 0 radical (unpaired) electrons. The molecule has 12 heteroatoms. The van der Waals surface area contributed by atoms with Crippen LogP contribution < -0.4 is 15.4 Å². The summed E-state index contributed by atoms with van der Waals surface area (Å²) in [5.74, 6) is -6.06. The normalized spacial score (nSPS) is 19.8. The molecule has 1 heterocycles. The zero-order valence-electron chi connectivity index (χ0n) is 25.8. The number of methoxy groups -OCH3 is 1. The van der Waals surface area contributed by atoms with Crippen LogP contribution >= 0.6 is 0 Å². The van der Waals surface area contributed by atoms with Gasteiger partial charge in [0.15, 0.2) is 5.78 Å². The van der Waals surface area contributed by atoms with Crippen LogP contribution in [-0.2, 0) is 30.0 Å². The third-order valence-electron chi connectivity index (χ3n) is 8.25. The van der Waals surface area contributed by atoms with Gasteiger partial charge in [0.2, 0.25) is 0 Å². The number of hydrogen-bond donors (Lipinski definition) is 1. The van der Waals surface area contributed by atoms with Gasteiger partial charge in [-0.1, -0.05) is 24.3 Å². The molecule has 0 fully saturated rings. The van der Waals surface area contributed by atoms with Gasteiger partial charge >= 0.3 is 18.1 Å². The van der Waals surface area contributed by atoms with Crippen LogP contribution in [0.25, 0.3) is 0 Å². The molecule has 0 saturated carbocycles. The third-order valence-corrected chi connectivity index (χ3v) is 8.25. The number of esters is 2. The molecule has 8 nitrogen and oxygen atoms in total. The molecule has 3 atom stereocenters. The van der Waals surface area contributed by atoms with E-state index in [1.165, 1.54) is 36.3 Å². The molecule has 0 bridgehead atoms. The fraction of sp³-hybridized carbons (Fsp3) is 0.286. The first kappa shape index (κ1) is 33.2. The number of rotatable bonds is 8. The Hall–Kier alpha value is -5.13.